The zero-order chi connectivity index (χ0) is 19.3. The molecule has 0 unspecified atom stereocenters. The van der Waals surface area contributed by atoms with Gasteiger partial charge >= 0.3 is 0 Å². The summed E-state index contributed by atoms with van der Waals surface area (Å²) in [6.07, 6.45) is 6.47. The van der Waals surface area contributed by atoms with Crippen LogP contribution in [0.3, 0.4) is 0 Å². The van der Waals surface area contributed by atoms with Gasteiger partial charge in [0.05, 0.1) is 5.39 Å². The molecule has 0 amide bonds. The van der Waals surface area contributed by atoms with Crippen LogP contribution >= 0.6 is 0 Å². The number of aromatic nitrogens is 4. The molecule has 1 aliphatic heterocycles. The first kappa shape index (κ1) is 17.0. The lowest BCUT2D eigenvalue weighted by molar-refractivity contribution is 0.438. The van der Waals surface area contributed by atoms with Crippen LogP contribution in [-0.4, -0.2) is 26.0 Å². The second-order valence-corrected chi connectivity index (χ2v) is 8.40. The fraction of sp³-hybridized carbons (Fsp3) is 0.381. The molecule has 0 spiro atoms. The van der Waals surface area contributed by atoms with Crippen molar-refractivity contribution in [2.45, 2.75) is 45.6 Å². The molecule has 0 atom stereocenters. The van der Waals surface area contributed by atoms with E-state index in [1.807, 2.05) is 18.3 Å². The van der Waals surface area contributed by atoms with Gasteiger partial charge in [-0.15, -0.1) is 0 Å². The Morgan fingerprint density at radius 3 is 2.79 bits per heavy atom. The van der Waals surface area contributed by atoms with E-state index >= 15 is 0 Å². The molecule has 7 nitrogen and oxygen atoms in total. The molecule has 28 heavy (non-hydrogen) atoms. The summed E-state index contributed by atoms with van der Waals surface area (Å²) >= 11 is 0. The summed E-state index contributed by atoms with van der Waals surface area (Å²) in [5.74, 6) is 2.95. The van der Waals surface area contributed by atoms with Crippen LogP contribution in [0.4, 0.5) is 23.4 Å². The minimum Gasteiger partial charge on any atom is -0.367 e. The van der Waals surface area contributed by atoms with Crippen LogP contribution in [0.25, 0.3) is 11.0 Å². The van der Waals surface area contributed by atoms with E-state index in [1.54, 1.807) is 0 Å². The summed E-state index contributed by atoms with van der Waals surface area (Å²) in [4.78, 5) is 17.2. The minimum absolute atomic E-state index is 0.0213. The molecule has 144 valence electrons. The molecule has 0 saturated heterocycles. The molecule has 4 heterocycles. The van der Waals surface area contributed by atoms with Gasteiger partial charge in [-0.1, -0.05) is 26.5 Å². The van der Waals surface area contributed by atoms with Gasteiger partial charge in [-0.2, -0.15) is 9.97 Å². The molecule has 0 bridgehead atoms. The van der Waals surface area contributed by atoms with Crippen molar-refractivity contribution in [3.63, 3.8) is 0 Å². The number of anilines is 4. The van der Waals surface area contributed by atoms with Gasteiger partial charge in [0.25, 0.3) is 0 Å². The zero-order valence-corrected chi connectivity index (χ0v) is 16.3. The van der Waals surface area contributed by atoms with Crippen LogP contribution in [0.2, 0.25) is 0 Å². The number of aromatic amines is 1. The molecule has 7 heteroatoms. The Morgan fingerprint density at radius 2 is 2.00 bits per heavy atom. The number of pyridine rings is 1. The SMILES string of the molecule is C=C1Nc2nc(Nc3nc(NC4CCC4)c4cc[nH]c4n3)ccc2CC1(C)C. The molecular weight excluding hydrogens is 350 g/mol. The van der Waals surface area contributed by atoms with Crippen molar-refractivity contribution in [3.05, 3.63) is 42.2 Å². The van der Waals surface area contributed by atoms with E-state index in [9.17, 15) is 0 Å². The Bertz CT molecular complexity index is 1060. The highest BCUT2D eigenvalue weighted by Crippen LogP contribution is 2.38. The van der Waals surface area contributed by atoms with Gasteiger partial charge in [0.1, 0.15) is 23.1 Å². The van der Waals surface area contributed by atoms with Gasteiger partial charge in [-0.25, -0.2) is 4.98 Å². The molecule has 0 radical (unpaired) electrons. The second kappa shape index (κ2) is 6.22. The smallest absolute Gasteiger partial charge is 0.232 e. The third kappa shape index (κ3) is 2.96. The number of nitrogens with one attached hydrogen (secondary N) is 4. The van der Waals surface area contributed by atoms with E-state index in [2.05, 4.69) is 52.4 Å². The number of fused-ring (bicyclic) bond motifs is 2. The highest BCUT2D eigenvalue weighted by molar-refractivity contribution is 5.88. The zero-order valence-electron chi connectivity index (χ0n) is 16.3. The van der Waals surface area contributed by atoms with Gasteiger partial charge in [-0.3, -0.25) is 0 Å². The normalized spacial score (nSPS) is 18.3. The van der Waals surface area contributed by atoms with Crippen LogP contribution in [-0.2, 0) is 6.42 Å². The van der Waals surface area contributed by atoms with E-state index in [-0.39, 0.29) is 5.41 Å². The third-order valence-corrected chi connectivity index (χ3v) is 5.80. The second-order valence-electron chi connectivity index (χ2n) is 8.40. The predicted molar refractivity (Wildman–Crippen MR) is 113 cm³/mol. The molecule has 2 aliphatic rings. The maximum Gasteiger partial charge on any atom is 0.232 e. The van der Waals surface area contributed by atoms with Crippen molar-refractivity contribution in [3.8, 4) is 0 Å². The van der Waals surface area contributed by atoms with E-state index in [0.717, 1.165) is 34.8 Å². The van der Waals surface area contributed by atoms with Gasteiger partial charge < -0.3 is 20.9 Å². The van der Waals surface area contributed by atoms with Crippen molar-refractivity contribution in [2.75, 3.05) is 16.0 Å². The summed E-state index contributed by atoms with van der Waals surface area (Å²) in [6, 6.07) is 6.59. The molecule has 3 aromatic rings. The summed E-state index contributed by atoms with van der Waals surface area (Å²) < 4.78 is 0. The average molecular weight is 375 g/mol. The Labute approximate surface area is 164 Å². The molecule has 1 fully saturated rings. The van der Waals surface area contributed by atoms with E-state index in [4.69, 9.17) is 9.97 Å². The lowest BCUT2D eigenvalue weighted by atomic mass is 9.80. The lowest BCUT2D eigenvalue weighted by Gasteiger charge is -2.34. The third-order valence-electron chi connectivity index (χ3n) is 5.80. The van der Waals surface area contributed by atoms with Crippen molar-refractivity contribution in [2.24, 2.45) is 5.41 Å². The quantitative estimate of drug-likeness (QED) is 0.534. The highest BCUT2D eigenvalue weighted by Gasteiger charge is 2.29. The number of rotatable bonds is 4. The number of H-pyrrole nitrogens is 1. The molecule has 1 aliphatic carbocycles. The first-order chi connectivity index (χ1) is 13.5. The predicted octanol–water partition coefficient (Wildman–Crippen LogP) is 4.57. The van der Waals surface area contributed by atoms with Crippen LogP contribution in [0.15, 0.2) is 36.7 Å². The first-order valence-corrected chi connectivity index (χ1v) is 9.83. The maximum absolute atomic E-state index is 4.72. The summed E-state index contributed by atoms with van der Waals surface area (Å²) in [6.45, 7) is 8.53. The first-order valence-electron chi connectivity index (χ1n) is 9.83. The largest absolute Gasteiger partial charge is 0.367 e. The molecule has 3 aromatic heterocycles. The fourth-order valence-electron chi connectivity index (χ4n) is 3.67. The van der Waals surface area contributed by atoms with Crippen molar-refractivity contribution >= 4 is 34.4 Å². The van der Waals surface area contributed by atoms with Gasteiger partial charge in [0.15, 0.2) is 0 Å². The highest BCUT2D eigenvalue weighted by atomic mass is 15.2. The van der Waals surface area contributed by atoms with E-state index in [0.29, 0.717) is 17.8 Å². The molecule has 5 rings (SSSR count). The standard InChI is InChI=1S/C21H25N7/c1-12-21(2,3)11-13-7-8-16(25-17(13)23-12)26-20-27-18-15(9-10-22-18)19(28-20)24-14-5-4-6-14/h7-10,14H,1,4-6,11H2,2-3H3,(H4,22,23,24,25,26,27,28). The number of nitrogens with zero attached hydrogens (tertiary/aromatic N) is 3. The monoisotopic (exact) mass is 375 g/mol. The van der Waals surface area contributed by atoms with E-state index in [1.165, 1.54) is 24.8 Å². The average Bonchev–Trinajstić information content (AvgIpc) is 3.08. The van der Waals surface area contributed by atoms with E-state index < -0.39 is 0 Å². The summed E-state index contributed by atoms with van der Waals surface area (Å²) in [5, 5.41) is 11.2. The Balaban J connectivity index is 1.44. The summed E-state index contributed by atoms with van der Waals surface area (Å²) in [5.41, 5.74) is 3.01. The van der Waals surface area contributed by atoms with Crippen LogP contribution < -0.4 is 16.0 Å². The number of hydrogen-bond acceptors (Lipinski definition) is 6. The van der Waals surface area contributed by atoms with Gasteiger partial charge in [-0.05, 0) is 43.4 Å². The Morgan fingerprint density at radius 1 is 1.14 bits per heavy atom. The van der Waals surface area contributed by atoms with Crippen LogP contribution in [0, 0.1) is 5.41 Å². The van der Waals surface area contributed by atoms with Crippen molar-refractivity contribution in [1.82, 2.24) is 19.9 Å². The molecular formula is C21H25N7. The lowest BCUT2D eigenvalue weighted by Crippen LogP contribution is -2.28. The Kier molecular flexibility index (Phi) is 3.79. The summed E-state index contributed by atoms with van der Waals surface area (Å²) in [7, 11) is 0. The molecule has 1 saturated carbocycles. The minimum atomic E-state index is 0.0213. The Hall–Kier alpha value is -3.09. The number of allylic oxidation sites excluding steroid dienone is 1. The topological polar surface area (TPSA) is 90.5 Å². The van der Waals surface area contributed by atoms with Crippen molar-refractivity contribution < 1.29 is 0 Å². The van der Waals surface area contributed by atoms with Gasteiger partial charge in [0, 0.05) is 23.4 Å². The molecule has 0 aromatic carbocycles. The number of hydrogen-bond donors (Lipinski definition) is 4. The molecule has 4 N–H and O–H groups in total. The van der Waals surface area contributed by atoms with Crippen LogP contribution in [0.5, 0.6) is 0 Å². The fourth-order valence-corrected chi connectivity index (χ4v) is 3.67. The maximum atomic E-state index is 4.72. The van der Waals surface area contributed by atoms with Gasteiger partial charge in [0.2, 0.25) is 5.95 Å². The van der Waals surface area contributed by atoms with Crippen molar-refractivity contribution in [1.29, 1.82) is 0 Å². The van der Waals surface area contributed by atoms with Crippen LogP contribution in [0.1, 0.15) is 38.7 Å².